The van der Waals surface area contributed by atoms with Gasteiger partial charge in [0, 0.05) is 20.1 Å². The molecule has 0 spiro atoms. The predicted octanol–water partition coefficient (Wildman–Crippen LogP) is 1.02. The van der Waals surface area contributed by atoms with Gasteiger partial charge in [-0.05, 0) is 18.1 Å². The average molecular weight is 219 g/mol. The highest BCUT2D eigenvalue weighted by Gasteiger charge is 2.37. The highest BCUT2D eigenvalue weighted by Crippen LogP contribution is 2.26. The molecule has 1 aliphatic rings. The molecule has 3 N–H and O–H groups in total. The van der Waals surface area contributed by atoms with E-state index in [1.54, 1.807) is 11.9 Å². The van der Waals surface area contributed by atoms with Crippen molar-refractivity contribution in [3.63, 3.8) is 0 Å². The molecular formula is C12H17N3O. The van der Waals surface area contributed by atoms with Gasteiger partial charge in [-0.1, -0.05) is 24.3 Å². The number of likely N-dealkylation sites (N-methyl/N-ethyl adjacent to an activating group) is 1. The number of hydrogen-bond donors (Lipinski definition) is 2. The van der Waals surface area contributed by atoms with Crippen molar-refractivity contribution >= 4 is 6.03 Å². The van der Waals surface area contributed by atoms with Crippen molar-refractivity contribution in [3.8, 4) is 0 Å². The third-order valence-electron chi connectivity index (χ3n) is 3.11. The summed E-state index contributed by atoms with van der Waals surface area (Å²) in [5, 5.41) is 2.99. The second-order valence-electron chi connectivity index (χ2n) is 4.52. The van der Waals surface area contributed by atoms with E-state index in [4.69, 9.17) is 5.73 Å². The molecule has 4 nitrogen and oxygen atoms in total. The number of nitrogens with zero attached hydrogens (tertiary/aromatic N) is 1. The SMILES string of the molecule is CN1CC(C)(c2ccc(CN)cc2)NC1=O. The van der Waals surface area contributed by atoms with Gasteiger partial charge >= 0.3 is 6.03 Å². The first-order valence-electron chi connectivity index (χ1n) is 5.38. The van der Waals surface area contributed by atoms with E-state index in [1.807, 2.05) is 31.2 Å². The lowest BCUT2D eigenvalue weighted by molar-refractivity contribution is 0.226. The maximum Gasteiger partial charge on any atom is 0.317 e. The van der Waals surface area contributed by atoms with Gasteiger partial charge in [0.25, 0.3) is 0 Å². The fourth-order valence-electron chi connectivity index (χ4n) is 2.09. The molecule has 2 amide bonds. The second-order valence-corrected chi connectivity index (χ2v) is 4.52. The molecule has 1 aromatic rings. The summed E-state index contributed by atoms with van der Waals surface area (Å²) in [7, 11) is 1.80. The quantitative estimate of drug-likeness (QED) is 0.780. The van der Waals surface area contributed by atoms with Crippen molar-refractivity contribution in [1.82, 2.24) is 10.2 Å². The molecule has 1 atom stereocenters. The summed E-state index contributed by atoms with van der Waals surface area (Å²) in [6.45, 7) is 3.27. The summed E-state index contributed by atoms with van der Waals surface area (Å²) < 4.78 is 0. The van der Waals surface area contributed by atoms with Gasteiger partial charge in [0.15, 0.2) is 0 Å². The molecule has 1 heterocycles. The Labute approximate surface area is 95.4 Å². The van der Waals surface area contributed by atoms with Crippen LogP contribution in [0.1, 0.15) is 18.1 Å². The van der Waals surface area contributed by atoms with Crippen LogP contribution >= 0.6 is 0 Å². The molecule has 4 heteroatoms. The van der Waals surface area contributed by atoms with Crippen LogP contribution in [-0.2, 0) is 12.1 Å². The zero-order valence-corrected chi connectivity index (χ0v) is 9.66. The lowest BCUT2D eigenvalue weighted by atomic mass is 9.92. The third-order valence-corrected chi connectivity index (χ3v) is 3.11. The van der Waals surface area contributed by atoms with Crippen molar-refractivity contribution < 1.29 is 4.79 Å². The number of benzene rings is 1. The molecular weight excluding hydrogens is 202 g/mol. The van der Waals surface area contributed by atoms with Crippen LogP contribution in [-0.4, -0.2) is 24.5 Å². The summed E-state index contributed by atoms with van der Waals surface area (Å²) in [4.78, 5) is 13.2. The minimum absolute atomic E-state index is 0.0228. The minimum atomic E-state index is -0.293. The topological polar surface area (TPSA) is 58.4 Å². The van der Waals surface area contributed by atoms with E-state index in [0.29, 0.717) is 13.1 Å². The van der Waals surface area contributed by atoms with E-state index < -0.39 is 0 Å². The minimum Gasteiger partial charge on any atom is -0.327 e. The van der Waals surface area contributed by atoms with E-state index in [9.17, 15) is 4.79 Å². The Morgan fingerprint density at radius 2 is 2.06 bits per heavy atom. The second kappa shape index (κ2) is 3.79. The normalized spacial score (nSPS) is 24.7. The molecule has 0 bridgehead atoms. The van der Waals surface area contributed by atoms with Crippen molar-refractivity contribution in [2.24, 2.45) is 5.73 Å². The molecule has 0 radical (unpaired) electrons. The summed E-state index contributed by atoms with van der Waals surface area (Å²) in [6.07, 6.45) is 0. The molecule has 1 aliphatic heterocycles. The maximum atomic E-state index is 11.5. The molecule has 1 saturated heterocycles. The van der Waals surface area contributed by atoms with Crippen molar-refractivity contribution in [2.75, 3.05) is 13.6 Å². The summed E-state index contributed by atoms with van der Waals surface area (Å²) >= 11 is 0. The van der Waals surface area contributed by atoms with Crippen LogP contribution < -0.4 is 11.1 Å². The molecule has 1 fully saturated rings. The standard InChI is InChI=1S/C12H17N3O/c1-12(8-15(2)11(16)14-12)10-5-3-9(7-13)4-6-10/h3-6H,7-8,13H2,1-2H3,(H,14,16). The Bertz CT molecular complexity index is 401. The highest BCUT2D eigenvalue weighted by atomic mass is 16.2. The monoisotopic (exact) mass is 219 g/mol. The van der Waals surface area contributed by atoms with Crippen molar-refractivity contribution in [3.05, 3.63) is 35.4 Å². The van der Waals surface area contributed by atoms with E-state index in [2.05, 4.69) is 5.32 Å². The Hall–Kier alpha value is -1.55. The largest absolute Gasteiger partial charge is 0.327 e. The van der Waals surface area contributed by atoms with Crippen LogP contribution in [0.25, 0.3) is 0 Å². The number of urea groups is 1. The fraction of sp³-hybridized carbons (Fsp3) is 0.417. The van der Waals surface area contributed by atoms with Gasteiger partial charge in [0.1, 0.15) is 0 Å². The zero-order chi connectivity index (χ0) is 11.8. The maximum absolute atomic E-state index is 11.5. The fourth-order valence-corrected chi connectivity index (χ4v) is 2.09. The Morgan fingerprint density at radius 1 is 1.44 bits per heavy atom. The molecule has 86 valence electrons. The lowest BCUT2D eigenvalue weighted by Gasteiger charge is -2.23. The third kappa shape index (κ3) is 1.76. The summed E-state index contributed by atoms with van der Waals surface area (Å²) in [5.41, 5.74) is 7.47. The molecule has 2 rings (SSSR count). The number of nitrogens with two attached hydrogens (primary N) is 1. The Balaban J connectivity index is 2.26. The first kappa shape index (κ1) is 11.0. The highest BCUT2D eigenvalue weighted by molar-refractivity contribution is 5.77. The summed E-state index contributed by atoms with van der Waals surface area (Å²) in [6, 6.07) is 8.05. The predicted molar refractivity (Wildman–Crippen MR) is 62.8 cm³/mol. The van der Waals surface area contributed by atoms with E-state index in [0.717, 1.165) is 11.1 Å². The lowest BCUT2D eigenvalue weighted by Crippen LogP contribution is -2.37. The number of rotatable bonds is 2. The number of amides is 2. The smallest absolute Gasteiger partial charge is 0.317 e. The molecule has 16 heavy (non-hydrogen) atoms. The molecule has 0 aliphatic carbocycles. The number of hydrogen-bond acceptors (Lipinski definition) is 2. The van der Waals surface area contributed by atoms with Crippen LogP contribution in [0, 0.1) is 0 Å². The molecule has 0 saturated carbocycles. The van der Waals surface area contributed by atoms with Crippen LogP contribution in [0.5, 0.6) is 0 Å². The zero-order valence-electron chi connectivity index (χ0n) is 9.66. The summed E-state index contributed by atoms with van der Waals surface area (Å²) in [5.74, 6) is 0. The van der Waals surface area contributed by atoms with E-state index in [1.165, 1.54) is 0 Å². The van der Waals surface area contributed by atoms with Gasteiger partial charge in [0.2, 0.25) is 0 Å². The number of nitrogens with one attached hydrogen (secondary N) is 1. The van der Waals surface area contributed by atoms with Crippen molar-refractivity contribution in [1.29, 1.82) is 0 Å². The Morgan fingerprint density at radius 3 is 2.50 bits per heavy atom. The van der Waals surface area contributed by atoms with Gasteiger partial charge < -0.3 is 16.0 Å². The Kier molecular flexibility index (Phi) is 2.59. The van der Waals surface area contributed by atoms with Crippen molar-refractivity contribution in [2.45, 2.75) is 19.0 Å². The first-order valence-corrected chi connectivity index (χ1v) is 5.38. The van der Waals surface area contributed by atoms with Gasteiger partial charge in [0.05, 0.1) is 5.54 Å². The number of carbonyl (C=O) groups excluding carboxylic acids is 1. The van der Waals surface area contributed by atoms with Crippen LogP contribution in [0.2, 0.25) is 0 Å². The van der Waals surface area contributed by atoms with Gasteiger partial charge in [-0.15, -0.1) is 0 Å². The van der Waals surface area contributed by atoms with Gasteiger partial charge in [-0.2, -0.15) is 0 Å². The van der Waals surface area contributed by atoms with E-state index >= 15 is 0 Å². The average Bonchev–Trinajstić information content (AvgIpc) is 2.54. The molecule has 1 unspecified atom stereocenters. The van der Waals surface area contributed by atoms with E-state index in [-0.39, 0.29) is 11.6 Å². The van der Waals surface area contributed by atoms with Crippen LogP contribution in [0.15, 0.2) is 24.3 Å². The number of carbonyl (C=O) groups is 1. The van der Waals surface area contributed by atoms with Crippen LogP contribution in [0.3, 0.4) is 0 Å². The molecule has 0 aromatic heterocycles. The molecule has 1 aromatic carbocycles. The van der Waals surface area contributed by atoms with Gasteiger partial charge in [-0.25, -0.2) is 4.79 Å². The van der Waals surface area contributed by atoms with Crippen LogP contribution in [0.4, 0.5) is 4.79 Å². The first-order chi connectivity index (χ1) is 7.55. The van der Waals surface area contributed by atoms with Gasteiger partial charge in [-0.3, -0.25) is 0 Å².